The molecular formula is C59H99N5O18. The zero-order chi connectivity index (χ0) is 61.2. The Morgan fingerprint density at radius 1 is 0.476 bits per heavy atom. The first-order valence-electron chi connectivity index (χ1n) is 29.9. The Balaban J connectivity index is 0.00000276. The molecule has 1 heterocycles. The van der Waals surface area contributed by atoms with Crippen LogP contribution < -0.4 is 16.0 Å². The van der Waals surface area contributed by atoms with Crippen LogP contribution in [0.3, 0.4) is 0 Å². The van der Waals surface area contributed by atoms with E-state index >= 15 is 0 Å². The lowest BCUT2D eigenvalue weighted by Gasteiger charge is -2.15. The van der Waals surface area contributed by atoms with Crippen molar-refractivity contribution in [1.82, 2.24) is 25.9 Å². The van der Waals surface area contributed by atoms with Crippen molar-refractivity contribution in [1.29, 1.82) is 0 Å². The van der Waals surface area contributed by atoms with E-state index in [1.807, 2.05) is 0 Å². The summed E-state index contributed by atoms with van der Waals surface area (Å²) < 4.78 is 10.6. The first kappa shape index (κ1) is 76.1. The molecule has 1 aromatic heterocycles. The van der Waals surface area contributed by atoms with Crippen molar-refractivity contribution in [2.45, 2.75) is 225 Å². The van der Waals surface area contributed by atoms with Crippen LogP contribution in [-0.2, 0) is 68.6 Å². The van der Waals surface area contributed by atoms with E-state index in [0.29, 0.717) is 38.6 Å². The number of aromatic nitrogens is 2. The molecule has 82 heavy (non-hydrogen) atoms. The molecule has 4 atom stereocenters. The Morgan fingerprint density at radius 3 is 1.44 bits per heavy atom. The minimum atomic E-state index is -1.33. The fraction of sp³-hybridized carbons (Fsp3) is 0.763. The molecule has 468 valence electrons. The number of ether oxygens (including phenoxy) is 2. The van der Waals surface area contributed by atoms with E-state index in [4.69, 9.17) is 14.6 Å². The molecule has 0 saturated carbocycles. The Morgan fingerprint density at radius 2 is 0.963 bits per heavy atom. The molecule has 23 heteroatoms. The molecule has 0 aliphatic carbocycles. The predicted octanol–water partition coefficient (Wildman–Crippen LogP) is 7.84. The Bertz CT molecular complexity index is 1980. The molecule has 0 aliphatic heterocycles. The van der Waals surface area contributed by atoms with Crippen LogP contribution in [0.25, 0.3) is 0 Å². The van der Waals surface area contributed by atoms with Crippen LogP contribution in [0.4, 0.5) is 0 Å². The summed E-state index contributed by atoms with van der Waals surface area (Å²) in [5.74, 6) is -11.4. The van der Waals surface area contributed by atoms with Gasteiger partial charge in [-0.05, 0) is 57.8 Å². The Hall–Kier alpha value is -5.94. The van der Waals surface area contributed by atoms with Crippen LogP contribution in [0.5, 0.6) is 0 Å². The fourth-order valence-corrected chi connectivity index (χ4v) is 8.79. The zero-order valence-corrected chi connectivity index (χ0v) is 49.0. The van der Waals surface area contributed by atoms with Gasteiger partial charge in [-0.1, -0.05) is 104 Å². The highest BCUT2D eigenvalue weighted by Crippen LogP contribution is 2.21. The topological polar surface area (TPSA) is 372 Å². The van der Waals surface area contributed by atoms with Crippen LogP contribution in [0.1, 0.15) is 219 Å². The molecule has 0 aliphatic rings. The third-order valence-electron chi connectivity index (χ3n) is 13.7. The number of aliphatic carboxylic acids is 5. The van der Waals surface area contributed by atoms with Crippen LogP contribution in [0.15, 0.2) is 12.5 Å². The van der Waals surface area contributed by atoms with E-state index in [2.05, 4.69) is 32.8 Å². The lowest BCUT2D eigenvalue weighted by atomic mass is 9.89. The van der Waals surface area contributed by atoms with Gasteiger partial charge in [0.2, 0.25) is 11.8 Å². The smallest absolute Gasteiger partial charge is 0.320 e. The van der Waals surface area contributed by atoms with Crippen molar-refractivity contribution in [2.24, 2.45) is 17.8 Å². The fourth-order valence-electron chi connectivity index (χ4n) is 8.79. The van der Waals surface area contributed by atoms with Crippen molar-refractivity contribution in [3.63, 3.8) is 0 Å². The molecule has 0 spiro atoms. The number of aryl methyl sites for hydroxylation is 1. The lowest BCUT2D eigenvalue weighted by Crippen LogP contribution is -2.40. The van der Waals surface area contributed by atoms with Gasteiger partial charge in [0.15, 0.2) is 0 Å². The van der Waals surface area contributed by atoms with Gasteiger partial charge >= 0.3 is 29.8 Å². The molecule has 0 radical (unpaired) electrons. The van der Waals surface area contributed by atoms with Gasteiger partial charge in [0.25, 0.3) is 0 Å². The van der Waals surface area contributed by atoms with Gasteiger partial charge < -0.3 is 50.6 Å². The van der Waals surface area contributed by atoms with Crippen molar-refractivity contribution < 1.29 is 87.7 Å². The third kappa shape index (κ3) is 45.6. The summed E-state index contributed by atoms with van der Waals surface area (Å²) in [6.45, 7) is 4.46. The molecule has 0 unspecified atom stereocenters. The number of carboxylic acid groups (broad SMARTS) is 5. The summed E-state index contributed by atoms with van der Waals surface area (Å²) >= 11 is 0. The highest BCUT2D eigenvalue weighted by atomic mass is 16.5. The van der Waals surface area contributed by atoms with E-state index in [-0.39, 0.29) is 121 Å². The molecule has 9 N–H and O–H groups in total. The van der Waals surface area contributed by atoms with Gasteiger partial charge in [-0.2, -0.15) is 0 Å². The van der Waals surface area contributed by atoms with Crippen LogP contribution in [-0.4, -0.2) is 152 Å². The van der Waals surface area contributed by atoms with Gasteiger partial charge in [0, 0.05) is 82.8 Å². The minimum Gasteiger partial charge on any atom is -0.481 e. The molecule has 0 fully saturated rings. The summed E-state index contributed by atoms with van der Waals surface area (Å²) in [5.41, 5.74) is 0.817. The molecule has 1 rings (SSSR count). The number of nitrogens with zero attached hydrogens (tertiary/aromatic N) is 1. The molecule has 0 aromatic carbocycles. The normalized spacial score (nSPS) is 12.5. The van der Waals surface area contributed by atoms with Gasteiger partial charge in [-0.15, -0.1) is 0 Å². The van der Waals surface area contributed by atoms with Crippen molar-refractivity contribution in [3.8, 4) is 0 Å². The summed E-state index contributed by atoms with van der Waals surface area (Å²) in [5, 5.41) is 54.5. The second-order valence-electron chi connectivity index (χ2n) is 21.0. The number of carbonyl (C=O) groups excluding carboxylic acids is 6. The summed E-state index contributed by atoms with van der Waals surface area (Å²) in [7, 11) is 0. The van der Waals surface area contributed by atoms with Crippen molar-refractivity contribution >= 4 is 64.8 Å². The SMILES string of the molecule is CCCC(=O)C[C@@H](CCC(=O)C[C@@H](CCC(=O)C[C@@H](CCC(=O)NCCOCCOCC(=O)NCCCC[C@H](NCC(=O)CCc1cnc[nH]1)C(=O)O)C(=O)O)C(=O)O)C(=O)O.CCCCCCCCCCCCCCCCCC(=O)O. The molecule has 2 amide bonds. The predicted molar refractivity (Wildman–Crippen MR) is 305 cm³/mol. The average molecular weight is 1170 g/mol. The van der Waals surface area contributed by atoms with Crippen LogP contribution >= 0.6 is 0 Å². The highest BCUT2D eigenvalue weighted by molar-refractivity contribution is 5.88. The number of carboxylic acids is 5. The first-order chi connectivity index (χ1) is 39.3. The van der Waals surface area contributed by atoms with Gasteiger partial charge in [0.1, 0.15) is 35.8 Å². The number of aromatic amines is 1. The van der Waals surface area contributed by atoms with Crippen molar-refractivity contribution in [2.75, 3.05) is 46.1 Å². The number of carbonyl (C=O) groups is 11. The monoisotopic (exact) mass is 1170 g/mol. The maximum atomic E-state index is 12.6. The lowest BCUT2D eigenvalue weighted by molar-refractivity contribution is -0.146. The number of nitrogens with one attached hydrogen (secondary N) is 4. The molecule has 0 bridgehead atoms. The highest BCUT2D eigenvalue weighted by Gasteiger charge is 2.28. The number of unbranched alkanes of at least 4 members (excludes halogenated alkanes) is 15. The molecule has 0 saturated heterocycles. The number of ketones is 4. The molecule has 23 nitrogen and oxygen atoms in total. The summed E-state index contributed by atoms with van der Waals surface area (Å²) in [6, 6.07) is -0.894. The van der Waals surface area contributed by atoms with E-state index in [9.17, 15) is 73.2 Å². The molecule has 1 aromatic rings. The quantitative estimate of drug-likeness (QED) is 0.0280. The van der Waals surface area contributed by atoms with E-state index in [1.54, 1.807) is 13.1 Å². The largest absolute Gasteiger partial charge is 0.481 e. The standard InChI is InChI=1S/C41H63N5O16.C18H36O2/c1-2-5-31(47)20-27(38(53)54)7-11-32(48)21-28(39(55)56)8-12-33(49)22-29(40(57)58)9-14-36(51)44-16-17-61-18-19-62-25-37(52)43-15-4-3-6-35(41(59)60)45-24-34(50)13-10-30-23-42-26-46-30;1-2-3-4-5-6-7-8-9-10-11-12-13-14-15-16-17-18(19)20/h23,26-29,35,45H,2-22,24-25H2,1H3,(H,42,46)(H,43,52)(H,44,51)(H,53,54)(H,55,56)(H,57,58)(H,59,60);2-17H2,1H3,(H,19,20)/t27-,28-,29-,35+;/m1./s1. The van der Waals surface area contributed by atoms with E-state index in [0.717, 1.165) is 18.5 Å². The second kappa shape index (κ2) is 50.8. The number of amides is 2. The minimum absolute atomic E-state index is 0.0651. The van der Waals surface area contributed by atoms with Gasteiger partial charge in [-0.3, -0.25) is 58.1 Å². The van der Waals surface area contributed by atoms with E-state index < -0.39 is 84.0 Å². The zero-order valence-electron chi connectivity index (χ0n) is 49.0. The van der Waals surface area contributed by atoms with Crippen LogP contribution in [0, 0.1) is 17.8 Å². The number of rotatable bonds is 56. The van der Waals surface area contributed by atoms with Gasteiger partial charge in [-0.25, -0.2) is 4.98 Å². The number of imidazole rings is 1. The maximum absolute atomic E-state index is 12.6. The number of H-pyrrole nitrogens is 1. The second-order valence-corrected chi connectivity index (χ2v) is 21.0. The maximum Gasteiger partial charge on any atom is 0.320 e. The first-order valence-corrected chi connectivity index (χ1v) is 29.9. The van der Waals surface area contributed by atoms with Crippen molar-refractivity contribution in [3.05, 3.63) is 18.2 Å². The summed E-state index contributed by atoms with van der Waals surface area (Å²) in [6.07, 6.45) is 23.7. The van der Waals surface area contributed by atoms with E-state index in [1.165, 1.54) is 89.8 Å². The third-order valence-corrected chi connectivity index (χ3v) is 13.7. The summed E-state index contributed by atoms with van der Waals surface area (Å²) in [4.78, 5) is 137. The Kier molecular flexibility index (Phi) is 47.1. The number of Topliss-reactive ketones (excluding diaryl/α,β-unsaturated/α-hetero) is 4. The molecular weight excluding hydrogens is 1070 g/mol. The number of hydrogen-bond acceptors (Lipinski definition) is 15. The Labute approximate surface area is 484 Å². The van der Waals surface area contributed by atoms with Crippen LogP contribution in [0.2, 0.25) is 0 Å². The average Bonchev–Trinajstić information content (AvgIpc) is 3.96. The number of hydrogen-bond donors (Lipinski definition) is 9. The van der Waals surface area contributed by atoms with Gasteiger partial charge in [0.05, 0.1) is 50.4 Å².